The van der Waals surface area contributed by atoms with Gasteiger partial charge in [0.2, 0.25) is 59.1 Å². The monoisotopic (exact) mass is 1290 g/mol. The van der Waals surface area contributed by atoms with Gasteiger partial charge in [-0.15, -0.1) is 0 Å². The van der Waals surface area contributed by atoms with E-state index in [1.807, 2.05) is 0 Å². The average Bonchev–Trinajstić information content (AvgIpc) is 1.65. The lowest BCUT2D eigenvalue weighted by Crippen LogP contribution is -2.60. The van der Waals surface area contributed by atoms with Gasteiger partial charge < -0.3 is 102 Å². The second-order valence-corrected chi connectivity index (χ2v) is 22.9. The van der Waals surface area contributed by atoms with Crippen molar-refractivity contribution in [1.82, 2.24) is 52.3 Å². The molecule has 2 aromatic rings. The topological polar surface area (TPSA) is 544 Å². The van der Waals surface area contributed by atoms with E-state index in [-0.39, 0.29) is 127 Å². The van der Waals surface area contributed by atoms with Gasteiger partial charge in [0.15, 0.2) is 17.9 Å². The van der Waals surface area contributed by atoms with Gasteiger partial charge >= 0.3 is 5.97 Å². The Hall–Kier alpha value is -9.66. The fraction of sp³-hybridized carbons (Fsp3) is 0.559. The number of aliphatic hydroxyl groups is 2. The fourth-order valence-corrected chi connectivity index (χ4v) is 10.4. The van der Waals surface area contributed by atoms with Crippen LogP contribution in [0.4, 0.5) is 0 Å². The molecule has 10 amide bonds. The number of likely N-dealkylation sites (tertiary alicyclic amines) is 2. The van der Waals surface area contributed by atoms with Crippen LogP contribution in [-0.4, -0.2) is 214 Å². The van der Waals surface area contributed by atoms with Crippen LogP contribution in [0.3, 0.4) is 0 Å². The number of aliphatic imine (C=N–C) groups is 3. The first kappa shape index (κ1) is 74.8. The number of carbonyl (C=O) groups is 11. The maximum atomic E-state index is 14.5. The fourth-order valence-electron chi connectivity index (χ4n) is 10.4. The number of hydrogen-bond acceptors (Lipinski definition) is 16. The lowest BCUT2D eigenvalue weighted by atomic mass is 10.00. The molecule has 23 N–H and O–H groups in total. The highest BCUT2D eigenvalue weighted by Gasteiger charge is 2.46. The van der Waals surface area contributed by atoms with Crippen LogP contribution in [0.25, 0.3) is 0 Å². The smallest absolute Gasteiger partial charge is 0.326 e. The molecule has 0 unspecified atom stereocenters. The number of nitrogens with two attached hydrogens (primary N) is 6. The highest BCUT2D eigenvalue weighted by molar-refractivity contribution is 5.99. The SMILES string of the molecule is CC(=O)N[C@H](CCCN=C(N)N)C(=O)N[C@@H](CCCN=C(N)N)C(=O)N1CCC[C@H]1C(=O)N1C[C@H](O)C[C@H]1C(=O)NCC(=O)N[C@@H](Cc1ccccc1)C(=O)N[C@@H](CO)C(=O)N[C@H](Cc1ccccc1)C(=O)N[C@@H](CC(C)C)C(=O)N[C@@H](CCCN=C(N)N)C(=O)O. The Bertz CT molecular complexity index is 2930. The van der Waals surface area contributed by atoms with Gasteiger partial charge in [-0.25, -0.2) is 4.79 Å². The Labute approximate surface area is 532 Å². The number of rotatable bonds is 37. The molecule has 33 heteroatoms. The molecule has 0 aromatic heterocycles. The van der Waals surface area contributed by atoms with E-state index < -0.39 is 139 Å². The third kappa shape index (κ3) is 25.7. The van der Waals surface area contributed by atoms with Crippen molar-refractivity contribution in [1.29, 1.82) is 0 Å². The number of β-amino-alcohol motifs (C(OH)–C–C–N with tert-alkyl or cyclic N) is 1. The first-order valence-electron chi connectivity index (χ1n) is 30.4. The Morgan fingerprint density at radius 1 is 0.565 bits per heavy atom. The summed E-state index contributed by atoms with van der Waals surface area (Å²) in [6, 6.07) is 4.72. The third-order valence-electron chi connectivity index (χ3n) is 14.9. The molecule has 2 aliphatic heterocycles. The number of hydrogen-bond donors (Lipinski definition) is 17. The van der Waals surface area contributed by atoms with E-state index in [1.165, 1.54) is 11.8 Å². The quantitative estimate of drug-likeness (QED) is 0.0170. The van der Waals surface area contributed by atoms with E-state index in [9.17, 15) is 68.1 Å². The molecule has 2 aliphatic rings. The summed E-state index contributed by atoms with van der Waals surface area (Å²) in [7, 11) is 0. The molecule has 0 radical (unpaired) electrons. The zero-order valence-electron chi connectivity index (χ0n) is 52.1. The Kier molecular flexibility index (Phi) is 31.0. The number of carbonyl (C=O) groups excluding carboxylic acids is 10. The van der Waals surface area contributed by atoms with E-state index in [4.69, 9.17) is 34.4 Å². The van der Waals surface area contributed by atoms with Crippen LogP contribution >= 0.6 is 0 Å². The molecule has 10 atom stereocenters. The van der Waals surface area contributed by atoms with E-state index in [0.717, 1.165) is 4.90 Å². The second-order valence-electron chi connectivity index (χ2n) is 22.9. The molecule has 92 heavy (non-hydrogen) atoms. The molecule has 506 valence electrons. The van der Waals surface area contributed by atoms with E-state index >= 15 is 0 Å². The van der Waals surface area contributed by atoms with Crippen molar-refractivity contribution >= 4 is 82.9 Å². The zero-order valence-corrected chi connectivity index (χ0v) is 52.1. The minimum atomic E-state index is -1.74. The van der Waals surface area contributed by atoms with E-state index in [1.54, 1.807) is 74.5 Å². The predicted octanol–water partition coefficient (Wildman–Crippen LogP) is -5.76. The largest absolute Gasteiger partial charge is 0.480 e. The number of aliphatic carboxylic acids is 1. The van der Waals surface area contributed by atoms with Gasteiger partial charge in [0.05, 0.1) is 19.3 Å². The van der Waals surface area contributed by atoms with Gasteiger partial charge in [-0.3, -0.25) is 62.9 Å². The summed E-state index contributed by atoms with van der Waals surface area (Å²) >= 11 is 0. The summed E-state index contributed by atoms with van der Waals surface area (Å²) in [6.45, 7) is 3.10. The molecule has 2 heterocycles. The van der Waals surface area contributed by atoms with Crippen LogP contribution in [0.2, 0.25) is 0 Å². The van der Waals surface area contributed by atoms with Crippen molar-refractivity contribution in [2.75, 3.05) is 45.9 Å². The molecule has 2 aromatic carbocycles. The molecule has 4 rings (SSSR count). The van der Waals surface area contributed by atoms with Crippen LogP contribution in [0, 0.1) is 5.92 Å². The maximum Gasteiger partial charge on any atom is 0.326 e. The summed E-state index contributed by atoms with van der Waals surface area (Å²) in [5.74, 6) is -10.1. The van der Waals surface area contributed by atoms with E-state index in [0.29, 0.717) is 17.5 Å². The van der Waals surface area contributed by atoms with Crippen molar-refractivity contribution in [3.8, 4) is 0 Å². The van der Waals surface area contributed by atoms with Crippen molar-refractivity contribution in [2.45, 2.75) is 158 Å². The van der Waals surface area contributed by atoms with E-state index in [2.05, 4.69) is 57.5 Å². The van der Waals surface area contributed by atoms with Crippen LogP contribution in [0.5, 0.6) is 0 Å². The number of carboxylic acids is 1. The molecule has 0 aliphatic carbocycles. The number of benzene rings is 2. The summed E-state index contributed by atoms with van der Waals surface area (Å²) in [4.78, 5) is 165. The summed E-state index contributed by atoms with van der Waals surface area (Å²) < 4.78 is 0. The number of aliphatic hydroxyl groups excluding tert-OH is 2. The Morgan fingerprint density at radius 2 is 1.01 bits per heavy atom. The number of amides is 10. The third-order valence-corrected chi connectivity index (χ3v) is 14.9. The van der Waals surface area contributed by atoms with Crippen molar-refractivity contribution < 1.29 is 68.1 Å². The van der Waals surface area contributed by atoms with Crippen LogP contribution in [-0.2, 0) is 65.6 Å². The van der Waals surface area contributed by atoms with Gasteiger partial charge in [0.1, 0.15) is 54.4 Å². The van der Waals surface area contributed by atoms with Crippen molar-refractivity contribution in [2.24, 2.45) is 55.3 Å². The maximum absolute atomic E-state index is 14.5. The highest BCUT2D eigenvalue weighted by atomic mass is 16.4. The molecule has 2 fully saturated rings. The van der Waals surface area contributed by atoms with Crippen LogP contribution in [0.1, 0.15) is 96.1 Å². The van der Waals surface area contributed by atoms with Gasteiger partial charge in [-0.2, -0.15) is 0 Å². The molecular formula is C59H91N19O14. The van der Waals surface area contributed by atoms with Gasteiger partial charge in [-0.05, 0) is 74.8 Å². The minimum Gasteiger partial charge on any atom is -0.480 e. The molecule has 0 bridgehead atoms. The van der Waals surface area contributed by atoms with Crippen molar-refractivity contribution in [3.63, 3.8) is 0 Å². The lowest BCUT2D eigenvalue weighted by molar-refractivity contribution is -0.148. The molecule has 0 saturated carbocycles. The van der Waals surface area contributed by atoms with Gasteiger partial charge in [0, 0.05) is 58.9 Å². The van der Waals surface area contributed by atoms with Crippen LogP contribution < -0.4 is 76.9 Å². The van der Waals surface area contributed by atoms with Gasteiger partial charge in [-0.1, -0.05) is 74.5 Å². The lowest BCUT2D eigenvalue weighted by Gasteiger charge is -2.33. The average molecular weight is 1290 g/mol. The summed E-state index contributed by atoms with van der Waals surface area (Å²) in [6.07, 6.45) is -0.464. The first-order valence-corrected chi connectivity index (χ1v) is 30.4. The van der Waals surface area contributed by atoms with Gasteiger partial charge in [0.25, 0.3) is 0 Å². The van der Waals surface area contributed by atoms with Crippen LogP contribution in [0.15, 0.2) is 75.6 Å². The number of carboxylic acid groups (broad SMARTS) is 1. The summed E-state index contributed by atoms with van der Waals surface area (Å²) in [5.41, 5.74) is 33.7. The zero-order chi connectivity index (χ0) is 68.0. The second kappa shape index (κ2) is 38.1. The number of nitrogens with zero attached hydrogens (tertiary/aromatic N) is 5. The molecule has 2 saturated heterocycles. The number of nitrogens with one attached hydrogen (secondary N) is 8. The first-order chi connectivity index (χ1) is 43.7. The Balaban J connectivity index is 1.49. The highest BCUT2D eigenvalue weighted by Crippen LogP contribution is 2.27. The molecule has 33 nitrogen and oxygen atoms in total. The number of guanidine groups is 3. The normalized spacial score (nSPS) is 17.3. The minimum absolute atomic E-state index is 0.00664. The standard InChI is InChI=1S/C59H91N19O14/c1-33(2)26-41(49(84)73-40(56(91)92)20-12-24-68-59(64)65)74-51(86)43(28-36-16-8-5-9-17-36)75-52(87)44(32-79)76-50(85)42(27-35-14-6-4-7-15-35)71-47(82)30-69-53(88)46-29-37(81)31-78(46)55(90)45-21-13-25-77(45)54(89)39(19-11-23-67-58(62)63)72-48(83)38(70-34(3)80)18-10-22-66-57(60)61/h4-9,14-17,33,37-46,79,81H,10-13,18-32H2,1-3H3,(H,69,88)(H,70,80)(H,71,82)(H,72,83)(H,73,84)(H,74,86)(H,75,87)(H,76,85)(H,91,92)(H4,60,61,66)(H4,62,63,67)(H4,64,65,68)/t37-,38-,39+,40+,41+,42+,43-,44+,45+,46+/m1/s1. The predicted molar refractivity (Wildman–Crippen MR) is 337 cm³/mol. The summed E-state index contributed by atoms with van der Waals surface area (Å²) in [5, 5.41) is 51.8. The molecule has 0 spiro atoms. The Morgan fingerprint density at radius 3 is 1.51 bits per heavy atom. The van der Waals surface area contributed by atoms with Crippen molar-refractivity contribution in [3.05, 3.63) is 71.8 Å². The molecular weight excluding hydrogens is 1200 g/mol.